The predicted molar refractivity (Wildman–Crippen MR) is 21.4 cm³/mol. The first-order valence-electron chi connectivity index (χ1n) is 0.846. The lowest BCUT2D eigenvalue weighted by Crippen LogP contribution is -1.38. The molecule has 0 spiro atoms. The fourth-order valence-corrected chi connectivity index (χ4v) is 0. The normalized spacial score (nSPS) is 3.75. The topological polar surface area (TPSA) is 23.8 Å². The van der Waals surface area contributed by atoms with E-state index in [1.165, 1.54) is 5.80 Å². The second-order valence-electron chi connectivity index (χ2n) is 0.296. The lowest BCUT2D eigenvalue weighted by atomic mass is 10.9. The van der Waals surface area contributed by atoms with Crippen LogP contribution in [-0.2, 0) is 0 Å². The summed E-state index contributed by atoms with van der Waals surface area (Å²) in [5.41, 5.74) is 0. The van der Waals surface area contributed by atoms with Gasteiger partial charge in [-0.2, -0.15) is 5.26 Å². The smallest absolute Gasteiger partial charge is 0.179 e. The molecular formula is C2H3NP+. The fourth-order valence-electron chi connectivity index (χ4n) is 0. The molecule has 0 aromatic rings. The van der Waals surface area contributed by atoms with Crippen molar-refractivity contribution >= 4 is 14.7 Å². The quantitative estimate of drug-likeness (QED) is 0.374. The Hall–Kier alpha value is -0.340. The van der Waals surface area contributed by atoms with Gasteiger partial charge in [-0.25, -0.2) is 0 Å². The molecule has 1 atom stereocenters. The van der Waals surface area contributed by atoms with Gasteiger partial charge in [-0.05, 0) is 0 Å². The molecule has 0 rings (SSSR count). The number of rotatable bonds is 0. The van der Waals surface area contributed by atoms with E-state index in [0.29, 0.717) is 0 Å². The van der Waals surface area contributed by atoms with Crippen molar-refractivity contribution in [1.29, 1.82) is 5.26 Å². The summed E-state index contributed by atoms with van der Waals surface area (Å²) in [5.74, 6) is 1.35. The van der Waals surface area contributed by atoms with E-state index >= 15 is 0 Å². The van der Waals surface area contributed by atoms with E-state index in [4.69, 9.17) is 5.26 Å². The van der Waals surface area contributed by atoms with E-state index in [0.717, 1.165) is 0 Å². The summed E-state index contributed by atoms with van der Waals surface area (Å²) >= 11 is 0. The standard InChI is InChI=1S/C2H2NP/c3-1-2-4/h2,4H/p+1. The first kappa shape index (κ1) is 3.66. The van der Waals surface area contributed by atoms with Crippen LogP contribution in [0.2, 0.25) is 0 Å². The van der Waals surface area contributed by atoms with Gasteiger partial charge in [-0.1, -0.05) is 0 Å². The first-order valence-corrected chi connectivity index (χ1v) is 1.51. The molecule has 1 unspecified atom stereocenters. The van der Waals surface area contributed by atoms with Gasteiger partial charge in [0.1, 0.15) is 6.07 Å². The van der Waals surface area contributed by atoms with E-state index in [1.807, 2.05) is 0 Å². The summed E-state index contributed by atoms with van der Waals surface area (Å²) < 4.78 is 0. The van der Waals surface area contributed by atoms with Gasteiger partial charge >= 0.3 is 0 Å². The summed E-state index contributed by atoms with van der Waals surface area (Å²) in [4.78, 5) is 0. The molecule has 0 amide bonds. The van der Waals surface area contributed by atoms with Crippen molar-refractivity contribution in [3.05, 3.63) is 0 Å². The summed E-state index contributed by atoms with van der Waals surface area (Å²) in [7, 11) is 2.17. The SMILES string of the molecule is N#CC=[PH2+]. The third-order valence-corrected chi connectivity index (χ3v) is 0.224. The maximum atomic E-state index is 7.55. The zero-order chi connectivity index (χ0) is 3.41. The number of hydrogen-bond donors (Lipinski definition) is 0. The average Bonchev–Trinajstić information content (AvgIpc) is 1.37. The number of hydrogen-bond acceptors (Lipinski definition) is 1. The minimum Gasteiger partial charge on any atom is -0.189 e. The van der Waals surface area contributed by atoms with Crippen LogP contribution in [0.1, 0.15) is 0 Å². The van der Waals surface area contributed by atoms with Crippen LogP contribution >= 0.6 is 8.86 Å². The Morgan fingerprint density at radius 2 is 2.25 bits per heavy atom. The molecule has 20 valence electrons. The zero-order valence-corrected chi connectivity index (χ0v) is 3.26. The van der Waals surface area contributed by atoms with Crippen LogP contribution < -0.4 is 0 Å². The van der Waals surface area contributed by atoms with Gasteiger partial charge in [0.25, 0.3) is 0 Å². The van der Waals surface area contributed by atoms with E-state index in [1.54, 1.807) is 6.07 Å². The van der Waals surface area contributed by atoms with Crippen LogP contribution in [0.25, 0.3) is 0 Å². The van der Waals surface area contributed by atoms with Gasteiger partial charge in [0.05, 0.1) is 8.86 Å². The van der Waals surface area contributed by atoms with E-state index in [-0.39, 0.29) is 0 Å². The molecule has 0 aromatic carbocycles. The van der Waals surface area contributed by atoms with Gasteiger partial charge in [-0.15, -0.1) is 0 Å². The molecule has 0 aliphatic carbocycles. The van der Waals surface area contributed by atoms with Gasteiger partial charge in [-0.3, -0.25) is 0 Å². The lowest BCUT2D eigenvalue weighted by Gasteiger charge is -1.20. The molecule has 0 aliphatic heterocycles. The third-order valence-electron chi connectivity index (χ3n) is 0.0745. The van der Waals surface area contributed by atoms with Crippen molar-refractivity contribution in [2.24, 2.45) is 0 Å². The third kappa shape index (κ3) is 1.66. The molecule has 1 nitrogen and oxygen atoms in total. The van der Waals surface area contributed by atoms with Gasteiger partial charge in [0, 0.05) is 0 Å². The highest BCUT2D eigenvalue weighted by molar-refractivity contribution is 7.19. The molecule has 0 saturated heterocycles. The minimum absolute atomic E-state index is 1.35. The molecule has 0 N–H and O–H groups in total. The molecule has 0 bridgehead atoms. The molecule has 0 saturated carbocycles. The molecule has 0 fully saturated rings. The Balaban J connectivity index is 2.92. The number of nitrogens with zero attached hydrogens (tertiary/aromatic N) is 1. The van der Waals surface area contributed by atoms with E-state index in [2.05, 4.69) is 8.86 Å². The van der Waals surface area contributed by atoms with Crippen LogP contribution in [0, 0.1) is 11.3 Å². The highest BCUT2D eigenvalue weighted by Gasteiger charge is 1.45. The summed E-state index contributed by atoms with van der Waals surface area (Å²) in [6.07, 6.45) is 0. The van der Waals surface area contributed by atoms with Crippen LogP contribution in [0.4, 0.5) is 0 Å². The van der Waals surface area contributed by atoms with Crippen LogP contribution in [0.3, 0.4) is 0 Å². The highest BCUT2D eigenvalue weighted by atomic mass is 31.0. The minimum atomic E-state index is 1.35. The maximum Gasteiger partial charge on any atom is 0.179 e. The molecular weight excluding hydrogens is 69.0 g/mol. The lowest BCUT2D eigenvalue weighted by molar-refractivity contribution is 1.56. The summed E-state index contributed by atoms with van der Waals surface area (Å²) in [5, 5.41) is 7.55. The first-order chi connectivity index (χ1) is 1.91. The van der Waals surface area contributed by atoms with Crippen molar-refractivity contribution in [3.8, 4) is 6.07 Å². The van der Waals surface area contributed by atoms with Crippen molar-refractivity contribution < 1.29 is 0 Å². The monoisotopic (exact) mass is 72.0 g/mol. The molecule has 4 heavy (non-hydrogen) atoms. The molecule has 0 aromatic heterocycles. The Kier molecular flexibility index (Phi) is 2.43. The Bertz CT molecular complexity index is 51.5. The highest BCUT2D eigenvalue weighted by Crippen LogP contribution is 1.43. The predicted octanol–water partition coefficient (Wildman–Crippen LogP) is 0.187. The second kappa shape index (κ2) is 2.66. The van der Waals surface area contributed by atoms with Crippen LogP contribution in [-0.4, -0.2) is 5.80 Å². The maximum absolute atomic E-state index is 7.55. The molecule has 0 aliphatic rings. The van der Waals surface area contributed by atoms with E-state index in [9.17, 15) is 0 Å². The fraction of sp³-hybridized carbons (Fsp3) is 0. The zero-order valence-electron chi connectivity index (χ0n) is 2.10. The largest absolute Gasteiger partial charge is 0.189 e. The van der Waals surface area contributed by atoms with Gasteiger partial charge in [0.15, 0.2) is 5.80 Å². The van der Waals surface area contributed by atoms with Crippen molar-refractivity contribution in [2.75, 3.05) is 0 Å². The van der Waals surface area contributed by atoms with Crippen molar-refractivity contribution in [3.63, 3.8) is 0 Å². The molecule has 2 heteroatoms. The number of nitriles is 1. The van der Waals surface area contributed by atoms with Crippen molar-refractivity contribution in [2.45, 2.75) is 0 Å². The van der Waals surface area contributed by atoms with Gasteiger partial charge < -0.3 is 0 Å². The van der Waals surface area contributed by atoms with E-state index < -0.39 is 0 Å². The summed E-state index contributed by atoms with van der Waals surface area (Å²) in [6.45, 7) is 0. The Morgan fingerprint density at radius 1 is 2.00 bits per heavy atom. The molecule has 0 heterocycles. The van der Waals surface area contributed by atoms with Crippen LogP contribution in [0.15, 0.2) is 0 Å². The van der Waals surface area contributed by atoms with Crippen LogP contribution in [0.5, 0.6) is 0 Å². The second-order valence-corrected chi connectivity index (χ2v) is 0.629. The summed E-state index contributed by atoms with van der Waals surface area (Å²) in [6, 6.07) is 1.77. The van der Waals surface area contributed by atoms with Crippen molar-refractivity contribution in [1.82, 2.24) is 0 Å². The molecule has 0 radical (unpaired) electrons. The average molecular weight is 72.0 g/mol. The van der Waals surface area contributed by atoms with Gasteiger partial charge in [0.2, 0.25) is 0 Å². The Labute approximate surface area is 27.1 Å². The Morgan fingerprint density at radius 3 is 2.25 bits per heavy atom.